The largest absolute Gasteiger partial charge is 0.465 e. The Hall–Kier alpha value is -1.56. The van der Waals surface area contributed by atoms with Crippen LogP contribution in [0.25, 0.3) is 10.2 Å². The summed E-state index contributed by atoms with van der Waals surface area (Å²) in [5.41, 5.74) is 2.06. The van der Waals surface area contributed by atoms with Gasteiger partial charge in [-0.1, -0.05) is 39.5 Å². The molecule has 0 aliphatic heterocycles. The fourth-order valence-electron chi connectivity index (χ4n) is 2.85. The topological polar surface area (TPSA) is 56.2 Å². The van der Waals surface area contributed by atoms with Gasteiger partial charge in [-0.25, -0.2) is 4.79 Å². The molecule has 5 nitrogen and oxygen atoms in total. The summed E-state index contributed by atoms with van der Waals surface area (Å²) < 4.78 is 8.06. The number of thiophene rings is 1. The number of aryl methyl sites for hydroxylation is 2. The number of nitrogens with zero attached hydrogens (tertiary/aromatic N) is 2. The molecule has 0 amide bonds. The monoisotopic (exact) mass is 351 g/mol. The van der Waals surface area contributed by atoms with Gasteiger partial charge < -0.3 is 10.1 Å². The molecule has 0 aromatic carbocycles. The first-order chi connectivity index (χ1) is 11.6. The smallest absolute Gasteiger partial charge is 0.348 e. The summed E-state index contributed by atoms with van der Waals surface area (Å²) >= 11 is 1.49. The third-order valence-electron chi connectivity index (χ3n) is 4.23. The first-order valence-electron chi connectivity index (χ1n) is 8.96. The highest BCUT2D eigenvalue weighted by Crippen LogP contribution is 2.36. The van der Waals surface area contributed by atoms with Crippen LogP contribution >= 0.6 is 11.3 Å². The minimum absolute atomic E-state index is 0.259. The molecule has 0 fully saturated rings. The molecule has 2 aromatic heterocycles. The molecule has 1 N–H and O–H groups in total. The van der Waals surface area contributed by atoms with Crippen molar-refractivity contribution in [2.24, 2.45) is 0 Å². The van der Waals surface area contributed by atoms with Crippen molar-refractivity contribution in [2.45, 2.75) is 65.8 Å². The summed E-state index contributed by atoms with van der Waals surface area (Å²) in [4.78, 5) is 12.7. The molecule has 0 aliphatic rings. The summed E-state index contributed by atoms with van der Waals surface area (Å²) in [6, 6.07) is 0. The summed E-state index contributed by atoms with van der Waals surface area (Å²) in [7, 11) is 1.43. The van der Waals surface area contributed by atoms with Crippen LogP contribution in [0.4, 0.5) is 5.82 Å². The molecule has 24 heavy (non-hydrogen) atoms. The Balaban J connectivity index is 2.32. The highest BCUT2D eigenvalue weighted by molar-refractivity contribution is 7.21. The molecule has 0 spiro atoms. The minimum Gasteiger partial charge on any atom is -0.465 e. The third kappa shape index (κ3) is 4.09. The summed E-state index contributed by atoms with van der Waals surface area (Å²) in [5.74, 6) is 0.645. The van der Waals surface area contributed by atoms with E-state index in [2.05, 4.69) is 23.8 Å². The summed E-state index contributed by atoms with van der Waals surface area (Å²) in [5, 5.41) is 8.23. The van der Waals surface area contributed by atoms with Gasteiger partial charge in [-0.15, -0.1) is 11.3 Å². The van der Waals surface area contributed by atoms with Gasteiger partial charge in [0.05, 0.1) is 17.3 Å². The second-order valence-electron chi connectivity index (χ2n) is 6.14. The van der Waals surface area contributed by atoms with E-state index in [1.165, 1.54) is 44.1 Å². The summed E-state index contributed by atoms with van der Waals surface area (Å²) in [6.45, 7) is 8.19. The number of aromatic nitrogens is 2. The SMILES string of the molecule is CCCCCNc1nn(CCCCC)c2c(C)c(C(=O)OC)sc12. The Morgan fingerprint density at radius 1 is 1.21 bits per heavy atom. The van der Waals surface area contributed by atoms with Crippen LogP contribution in [-0.2, 0) is 11.3 Å². The van der Waals surface area contributed by atoms with Crippen molar-refractivity contribution in [3.63, 3.8) is 0 Å². The normalized spacial score (nSPS) is 11.2. The molecule has 6 heteroatoms. The lowest BCUT2D eigenvalue weighted by atomic mass is 10.2. The predicted molar refractivity (Wildman–Crippen MR) is 101 cm³/mol. The number of rotatable bonds is 10. The van der Waals surface area contributed by atoms with Gasteiger partial charge in [-0.2, -0.15) is 5.10 Å². The van der Waals surface area contributed by atoms with E-state index in [0.29, 0.717) is 4.88 Å². The van der Waals surface area contributed by atoms with Gasteiger partial charge in [0, 0.05) is 18.7 Å². The van der Waals surface area contributed by atoms with E-state index >= 15 is 0 Å². The molecule has 0 saturated carbocycles. The van der Waals surface area contributed by atoms with Crippen LogP contribution in [0.2, 0.25) is 0 Å². The molecule has 0 atom stereocenters. The summed E-state index contributed by atoms with van der Waals surface area (Å²) in [6.07, 6.45) is 7.02. The quantitative estimate of drug-likeness (QED) is 0.484. The zero-order chi connectivity index (χ0) is 17.5. The van der Waals surface area contributed by atoms with Crippen LogP contribution in [0.15, 0.2) is 0 Å². The lowest BCUT2D eigenvalue weighted by Crippen LogP contribution is -2.06. The lowest BCUT2D eigenvalue weighted by Gasteiger charge is -2.05. The average Bonchev–Trinajstić information content (AvgIpc) is 3.10. The fraction of sp³-hybridized carbons (Fsp3) is 0.667. The van der Waals surface area contributed by atoms with Crippen LogP contribution in [0, 0.1) is 6.92 Å². The number of carbonyl (C=O) groups excluding carboxylic acids is 1. The number of nitrogens with one attached hydrogen (secondary N) is 1. The van der Waals surface area contributed by atoms with Crippen LogP contribution in [-0.4, -0.2) is 29.4 Å². The van der Waals surface area contributed by atoms with E-state index in [4.69, 9.17) is 9.84 Å². The number of hydrogen-bond acceptors (Lipinski definition) is 5. The molecule has 2 aromatic rings. The van der Waals surface area contributed by atoms with E-state index in [0.717, 1.165) is 47.5 Å². The highest BCUT2D eigenvalue weighted by Gasteiger charge is 2.22. The van der Waals surface area contributed by atoms with Crippen LogP contribution in [0.3, 0.4) is 0 Å². The number of ether oxygens (including phenoxy) is 1. The molecule has 2 heterocycles. The predicted octanol–water partition coefficient (Wildman–Crippen LogP) is 4.99. The van der Waals surface area contributed by atoms with Crippen molar-refractivity contribution >= 4 is 33.3 Å². The van der Waals surface area contributed by atoms with E-state index in [1.807, 2.05) is 6.92 Å². The van der Waals surface area contributed by atoms with Gasteiger partial charge in [0.2, 0.25) is 0 Å². The molecule has 134 valence electrons. The third-order valence-corrected chi connectivity index (χ3v) is 5.49. The first kappa shape index (κ1) is 18.8. The molecule has 0 radical (unpaired) electrons. The van der Waals surface area contributed by atoms with Gasteiger partial charge in [0.15, 0.2) is 5.82 Å². The zero-order valence-corrected chi connectivity index (χ0v) is 16.1. The van der Waals surface area contributed by atoms with E-state index in [1.54, 1.807) is 0 Å². The number of anilines is 1. The number of unbranched alkanes of at least 4 members (excludes halogenated alkanes) is 4. The number of carbonyl (C=O) groups is 1. The Morgan fingerprint density at radius 3 is 2.58 bits per heavy atom. The van der Waals surface area contributed by atoms with Crippen molar-refractivity contribution in [1.82, 2.24) is 9.78 Å². The molecule has 0 saturated heterocycles. The number of methoxy groups -OCH3 is 1. The maximum absolute atomic E-state index is 12.0. The Bertz CT molecular complexity index is 675. The Labute approximate surface area is 148 Å². The van der Waals surface area contributed by atoms with Crippen molar-refractivity contribution < 1.29 is 9.53 Å². The van der Waals surface area contributed by atoms with Gasteiger partial charge in [-0.05, 0) is 19.8 Å². The highest BCUT2D eigenvalue weighted by atomic mass is 32.1. The number of fused-ring (bicyclic) bond motifs is 1. The maximum atomic E-state index is 12.0. The van der Waals surface area contributed by atoms with E-state index in [9.17, 15) is 4.79 Å². The molecular weight excluding hydrogens is 322 g/mol. The average molecular weight is 352 g/mol. The van der Waals surface area contributed by atoms with Crippen LogP contribution in [0.1, 0.15) is 67.6 Å². The fourth-order valence-corrected chi connectivity index (χ4v) is 4.04. The van der Waals surface area contributed by atoms with Crippen molar-refractivity contribution in [2.75, 3.05) is 19.0 Å². The number of hydrogen-bond donors (Lipinski definition) is 1. The van der Waals surface area contributed by atoms with E-state index in [-0.39, 0.29) is 5.97 Å². The van der Waals surface area contributed by atoms with Gasteiger partial charge in [0.1, 0.15) is 4.88 Å². The van der Waals surface area contributed by atoms with Gasteiger partial charge >= 0.3 is 5.97 Å². The van der Waals surface area contributed by atoms with Gasteiger partial charge in [0.25, 0.3) is 0 Å². The lowest BCUT2D eigenvalue weighted by molar-refractivity contribution is 0.0605. The zero-order valence-electron chi connectivity index (χ0n) is 15.3. The number of esters is 1. The van der Waals surface area contributed by atoms with Crippen molar-refractivity contribution in [3.05, 3.63) is 10.4 Å². The van der Waals surface area contributed by atoms with Crippen LogP contribution in [0.5, 0.6) is 0 Å². The molecule has 2 rings (SSSR count). The molecule has 0 bridgehead atoms. The molecular formula is C18H29N3O2S. The minimum atomic E-state index is -0.259. The standard InChI is InChI=1S/C18H29N3O2S/c1-5-7-9-11-19-17-16-14(21(20-17)12-10-8-6-2)13(3)15(24-16)18(22)23-4/h5-12H2,1-4H3,(H,19,20). The Kier molecular flexibility index (Phi) is 7.09. The van der Waals surface area contributed by atoms with Crippen LogP contribution < -0.4 is 5.32 Å². The van der Waals surface area contributed by atoms with Crippen molar-refractivity contribution in [1.29, 1.82) is 0 Å². The van der Waals surface area contributed by atoms with E-state index < -0.39 is 0 Å². The molecule has 0 unspecified atom stereocenters. The van der Waals surface area contributed by atoms with Gasteiger partial charge in [-0.3, -0.25) is 4.68 Å². The maximum Gasteiger partial charge on any atom is 0.348 e. The second kappa shape index (κ2) is 9.06. The Morgan fingerprint density at radius 2 is 1.92 bits per heavy atom. The van der Waals surface area contributed by atoms with Crippen molar-refractivity contribution in [3.8, 4) is 0 Å². The molecule has 0 aliphatic carbocycles. The second-order valence-corrected chi connectivity index (χ2v) is 7.16. The first-order valence-corrected chi connectivity index (χ1v) is 9.77.